The third-order valence-electron chi connectivity index (χ3n) is 4.09. The zero-order chi connectivity index (χ0) is 14.7. The standard InChI is InChI=1S/C18H18ClNO/c19-13-18(21)20-12-6-10-15(14-7-2-1-3-8-14)16-9-4-5-11-17(16)20/h1-5,7-9,11,15H,6,10,12-13H2. The molecule has 0 radical (unpaired) electrons. The SMILES string of the molecule is O=C(CCl)N1CCCC(c2ccccc2)c2ccccc21. The first kappa shape index (κ1) is 14.2. The second-order valence-electron chi connectivity index (χ2n) is 5.34. The molecule has 0 spiro atoms. The number of amides is 1. The van der Waals surface area contributed by atoms with Crippen molar-refractivity contribution < 1.29 is 4.79 Å². The normalized spacial score (nSPS) is 18.0. The Hall–Kier alpha value is -1.80. The van der Waals surface area contributed by atoms with Crippen molar-refractivity contribution in [3.8, 4) is 0 Å². The number of carbonyl (C=O) groups is 1. The van der Waals surface area contributed by atoms with Crippen molar-refractivity contribution in [3.05, 3.63) is 65.7 Å². The van der Waals surface area contributed by atoms with Crippen LogP contribution in [-0.4, -0.2) is 18.3 Å². The fourth-order valence-corrected chi connectivity index (χ4v) is 3.26. The first-order chi connectivity index (χ1) is 10.3. The van der Waals surface area contributed by atoms with Gasteiger partial charge < -0.3 is 4.90 Å². The summed E-state index contributed by atoms with van der Waals surface area (Å²) >= 11 is 5.77. The van der Waals surface area contributed by atoms with Crippen molar-refractivity contribution in [3.63, 3.8) is 0 Å². The van der Waals surface area contributed by atoms with Gasteiger partial charge in [0.25, 0.3) is 0 Å². The summed E-state index contributed by atoms with van der Waals surface area (Å²) in [7, 11) is 0. The molecule has 1 unspecified atom stereocenters. The van der Waals surface area contributed by atoms with E-state index in [-0.39, 0.29) is 11.8 Å². The summed E-state index contributed by atoms with van der Waals surface area (Å²) in [5.74, 6) is 0.359. The van der Waals surface area contributed by atoms with Gasteiger partial charge >= 0.3 is 0 Å². The lowest BCUT2D eigenvalue weighted by atomic mass is 9.87. The molecule has 3 heteroatoms. The fourth-order valence-electron chi connectivity index (χ4n) is 3.12. The number of hydrogen-bond acceptors (Lipinski definition) is 1. The van der Waals surface area contributed by atoms with E-state index < -0.39 is 0 Å². The van der Waals surface area contributed by atoms with Crippen LogP contribution in [0.5, 0.6) is 0 Å². The van der Waals surface area contributed by atoms with E-state index in [1.54, 1.807) is 0 Å². The van der Waals surface area contributed by atoms with Crippen LogP contribution < -0.4 is 4.90 Å². The van der Waals surface area contributed by atoms with Gasteiger partial charge in [0.05, 0.1) is 0 Å². The molecule has 2 nitrogen and oxygen atoms in total. The average Bonchev–Trinajstić information content (AvgIpc) is 2.74. The van der Waals surface area contributed by atoms with E-state index in [2.05, 4.69) is 30.3 Å². The molecule has 1 aliphatic heterocycles. The molecular weight excluding hydrogens is 282 g/mol. The summed E-state index contributed by atoms with van der Waals surface area (Å²) in [5, 5.41) is 0. The predicted molar refractivity (Wildman–Crippen MR) is 87.0 cm³/mol. The average molecular weight is 300 g/mol. The fraction of sp³-hybridized carbons (Fsp3) is 0.278. The van der Waals surface area contributed by atoms with Crippen LogP contribution in [0.4, 0.5) is 5.69 Å². The second-order valence-corrected chi connectivity index (χ2v) is 5.61. The molecule has 2 aromatic carbocycles. The van der Waals surface area contributed by atoms with Gasteiger partial charge in [-0.15, -0.1) is 11.6 Å². The minimum Gasteiger partial charge on any atom is -0.311 e. The van der Waals surface area contributed by atoms with E-state index in [0.717, 1.165) is 25.1 Å². The Bertz CT molecular complexity index is 626. The van der Waals surface area contributed by atoms with Crippen molar-refractivity contribution in [2.24, 2.45) is 0 Å². The van der Waals surface area contributed by atoms with Crippen LogP contribution in [0, 0.1) is 0 Å². The summed E-state index contributed by atoms with van der Waals surface area (Å²) in [6.07, 6.45) is 2.03. The van der Waals surface area contributed by atoms with Crippen LogP contribution in [0.1, 0.15) is 29.9 Å². The molecule has 1 atom stereocenters. The van der Waals surface area contributed by atoms with E-state index in [1.165, 1.54) is 11.1 Å². The van der Waals surface area contributed by atoms with Crippen LogP contribution in [0.25, 0.3) is 0 Å². The lowest BCUT2D eigenvalue weighted by Crippen LogP contribution is -2.32. The highest BCUT2D eigenvalue weighted by molar-refractivity contribution is 6.29. The molecular formula is C18H18ClNO. The molecule has 0 N–H and O–H groups in total. The van der Waals surface area contributed by atoms with Gasteiger partial charge in [0.15, 0.2) is 0 Å². The third kappa shape index (κ3) is 2.81. The highest BCUT2D eigenvalue weighted by Crippen LogP contribution is 2.38. The number of anilines is 1. The van der Waals surface area contributed by atoms with Crippen LogP contribution in [0.2, 0.25) is 0 Å². The number of carbonyl (C=O) groups excluding carboxylic acids is 1. The summed E-state index contributed by atoms with van der Waals surface area (Å²) in [6, 6.07) is 18.7. The molecule has 21 heavy (non-hydrogen) atoms. The molecule has 3 rings (SSSR count). The lowest BCUT2D eigenvalue weighted by molar-refractivity contribution is -0.116. The zero-order valence-corrected chi connectivity index (χ0v) is 12.6. The highest BCUT2D eigenvalue weighted by Gasteiger charge is 2.26. The molecule has 1 aliphatic rings. The van der Waals surface area contributed by atoms with Crippen LogP contribution in [0.15, 0.2) is 54.6 Å². The topological polar surface area (TPSA) is 20.3 Å². The number of para-hydroxylation sites is 1. The quantitative estimate of drug-likeness (QED) is 0.762. The minimum absolute atomic E-state index is 0.0159. The Morgan fingerprint density at radius 2 is 1.81 bits per heavy atom. The second kappa shape index (κ2) is 6.31. The highest BCUT2D eigenvalue weighted by atomic mass is 35.5. The number of rotatable bonds is 2. The minimum atomic E-state index is -0.0159. The molecule has 1 heterocycles. The van der Waals surface area contributed by atoms with Crippen LogP contribution in [0.3, 0.4) is 0 Å². The number of hydrogen-bond donors (Lipinski definition) is 0. The summed E-state index contributed by atoms with van der Waals surface area (Å²) < 4.78 is 0. The van der Waals surface area contributed by atoms with Crippen molar-refractivity contribution in [2.45, 2.75) is 18.8 Å². The molecule has 0 aromatic heterocycles. The number of fused-ring (bicyclic) bond motifs is 1. The molecule has 0 bridgehead atoms. The van der Waals surface area contributed by atoms with Gasteiger partial charge in [0.2, 0.25) is 5.91 Å². The zero-order valence-electron chi connectivity index (χ0n) is 11.8. The molecule has 0 aliphatic carbocycles. The number of benzene rings is 2. The summed E-state index contributed by atoms with van der Waals surface area (Å²) in [6.45, 7) is 0.742. The smallest absolute Gasteiger partial charge is 0.241 e. The van der Waals surface area contributed by atoms with Gasteiger partial charge in [-0.3, -0.25) is 4.79 Å². The van der Waals surface area contributed by atoms with Gasteiger partial charge in [-0.25, -0.2) is 0 Å². The van der Waals surface area contributed by atoms with Crippen molar-refractivity contribution >= 4 is 23.2 Å². The van der Waals surface area contributed by atoms with E-state index in [4.69, 9.17) is 11.6 Å². The lowest BCUT2D eigenvalue weighted by Gasteiger charge is -2.23. The van der Waals surface area contributed by atoms with Crippen molar-refractivity contribution in [1.29, 1.82) is 0 Å². The summed E-state index contributed by atoms with van der Waals surface area (Å²) in [5.41, 5.74) is 3.54. The Morgan fingerprint density at radius 1 is 1.10 bits per heavy atom. The molecule has 0 saturated heterocycles. The van der Waals surface area contributed by atoms with E-state index in [1.807, 2.05) is 29.2 Å². The first-order valence-corrected chi connectivity index (χ1v) is 7.85. The largest absolute Gasteiger partial charge is 0.311 e. The Morgan fingerprint density at radius 3 is 2.57 bits per heavy atom. The van der Waals surface area contributed by atoms with E-state index in [0.29, 0.717) is 5.92 Å². The Balaban J connectivity index is 2.07. The maximum atomic E-state index is 12.1. The third-order valence-corrected chi connectivity index (χ3v) is 4.32. The van der Waals surface area contributed by atoms with Crippen LogP contribution >= 0.6 is 11.6 Å². The molecule has 1 amide bonds. The molecule has 0 fully saturated rings. The van der Waals surface area contributed by atoms with Gasteiger partial charge in [0.1, 0.15) is 5.88 Å². The van der Waals surface area contributed by atoms with Crippen LogP contribution in [-0.2, 0) is 4.79 Å². The van der Waals surface area contributed by atoms with E-state index >= 15 is 0 Å². The number of nitrogens with zero attached hydrogens (tertiary/aromatic N) is 1. The number of halogens is 1. The maximum Gasteiger partial charge on any atom is 0.241 e. The summed E-state index contributed by atoms with van der Waals surface area (Å²) in [4.78, 5) is 14.0. The van der Waals surface area contributed by atoms with Crippen molar-refractivity contribution in [2.75, 3.05) is 17.3 Å². The Kier molecular flexibility index (Phi) is 4.26. The molecule has 0 saturated carbocycles. The Labute approximate surface area is 130 Å². The predicted octanol–water partition coefficient (Wildman–Crippen LogP) is 4.18. The molecule has 108 valence electrons. The van der Waals surface area contributed by atoms with Crippen molar-refractivity contribution in [1.82, 2.24) is 0 Å². The number of alkyl halides is 1. The van der Waals surface area contributed by atoms with Gasteiger partial charge in [-0.1, -0.05) is 48.5 Å². The molecule has 2 aromatic rings. The maximum absolute atomic E-state index is 12.1. The monoisotopic (exact) mass is 299 g/mol. The van der Waals surface area contributed by atoms with Gasteiger partial charge in [0, 0.05) is 18.2 Å². The van der Waals surface area contributed by atoms with Gasteiger partial charge in [-0.2, -0.15) is 0 Å². The van der Waals surface area contributed by atoms with E-state index in [9.17, 15) is 4.79 Å². The van der Waals surface area contributed by atoms with Gasteiger partial charge in [-0.05, 0) is 30.0 Å². The first-order valence-electron chi connectivity index (χ1n) is 7.31.